The molecule has 8 nitrogen and oxygen atoms in total. The van der Waals surface area contributed by atoms with Gasteiger partial charge in [0, 0.05) is 24.2 Å². The largest absolute Gasteiger partial charge is 0.452 e. The number of rotatable bonds is 7. The minimum absolute atomic E-state index is 0.0545. The molecule has 162 valence electrons. The van der Waals surface area contributed by atoms with Crippen molar-refractivity contribution in [3.05, 3.63) is 65.7 Å². The maximum absolute atomic E-state index is 12.5. The number of carbonyl (C=O) groups is 4. The van der Waals surface area contributed by atoms with E-state index in [1.165, 1.54) is 31.2 Å². The Labute approximate surface area is 180 Å². The molecule has 0 bridgehead atoms. The zero-order chi connectivity index (χ0) is 22.5. The van der Waals surface area contributed by atoms with E-state index in [2.05, 4.69) is 5.32 Å². The number of ether oxygens (including phenoxy) is 1. The zero-order valence-corrected chi connectivity index (χ0v) is 17.4. The maximum Gasteiger partial charge on any atom is 0.312 e. The molecule has 3 N–H and O–H groups in total. The molecule has 1 heterocycles. The van der Waals surface area contributed by atoms with Gasteiger partial charge in [-0.05, 0) is 43.7 Å². The number of carbonyl (C=O) groups excluding carboxylic acids is 4. The maximum atomic E-state index is 12.5. The highest BCUT2D eigenvalue weighted by Gasteiger charge is 2.38. The van der Waals surface area contributed by atoms with Crippen LogP contribution in [0.5, 0.6) is 0 Å². The number of nitrogens with one attached hydrogen (secondary N) is 1. The molecule has 0 saturated carbocycles. The topological polar surface area (TPSA) is 119 Å². The lowest BCUT2D eigenvalue weighted by Crippen LogP contribution is -2.33. The van der Waals surface area contributed by atoms with Crippen molar-refractivity contribution in [1.29, 1.82) is 0 Å². The number of nitrogens with two attached hydrogens (primary N) is 1. The fourth-order valence-electron chi connectivity index (χ4n) is 3.46. The van der Waals surface area contributed by atoms with E-state index < -0.39 is 29.8 Å². The smallest absolute Gasteiger partial charge is 0.312 e. The molecule has 1 aliphatic rings. The lowest BCUT2D eigenvalue weighted by molar-refractivity contribution is -0.157. The Bertz CT molecular complexity index is 974. The van der Waals surface area contributed by atoms with Gasteiger partial charge >= 0.3 is 5.97 Å². The van der Waals surface area contributed by atoms with Crippen LogP contribution >= 0.6 is 0 Å². The van der Waals surface area contributed by atoms with Crippen molar-refractivity contribution in [2.75, 3.05) is 11.9 Å². The van der Waals surface area contributed by atoms with Crippen LogP contribution in [0.3, 0.4) is 0 Å². The predicted molar refractivity (Wildman–Crippen MR) is 114 cm³/mol. The Morgan fingerprint density at radius 1 is 1.06 bits per heavy atom. The van der Waals surface area contributed by atoms with Gasteiger partial charge in [-0.2, -0.15) is 0 Å². The summed E-state index contributed by atoms with van der Waals surface area (Å²) in [5.41, 5.74) is 6.93. The number of anilines is 1. The predicted octanol–water partition coefficient (Wildman–Crippen LogP) is 2.27. The summed E-state index contributed by atoms with van der Waals surface area (Å²) in [7, 11) is 0. The SMILES string of the molecule is C[C@H](OC(=O)[C@H]1CC(=O)N([C@H](C)c2ccccc2)C1)C(=O)Nc1ccc(C(N)=O)cc1. The summed E-state index contributed by atoms with van der Waals surface area (Å²) < 4.78 is 5.31. The van der Waals surface area contributed by atoms with Crippen molar-refractivity contribution in [1.82, 2.24) is 4.90 Å². The van der Waals surface area contributed by atoms with Gasteiger partial charge in [0.05, 0.1) is 12.0 Å². The van der Waals surface area contributed by atoms with E-state index in [0.29, 0.717) is 11.3 Å². The lowest BCUT2D eigenvalue weighted by atomic mass is 10.1. The van der Waals surface area contributed by atoms with Crippen LogP contribution in [0.15, 0.2) is 54.6 Å². The first-order valence-corrected chi connectivity index (χ1v) is 10.0. The van der Waals surface area contributed by atoms with Gasteiger partial charge in [-0.15, -0.1) is 0 Å². The number of benzene rings is 2. The van der Waals surface area contributed by atoms with Crippen LogP contribution in [-0.2, 0) is 19.1 Å². The highest BCUT2D eigenvalue weighted by Crippen LogP contribution is 2.29. The summed E-state index contributed by atoms with van der Waals surface area (Å²) >= 11 is 0. The van der Waals surface area contributed by atoms with E-state index in [-0.39, 0.29) is 24.9 Å². The molecule has 3 amide bonds. The van der Waals surface area contributed by atoms with Gasteiger partial charge in [-0.3, -0.25) is 19.2 Å². The summed E-state index contributed by atoms with van der Waals surface area (Å²) in [5, 5.41) is 2.62. The molecular formula is C23H25N3O5. The van der Waals surface area contributed by atoms with Crippen molar-refractivity contribution in [2.24, 2.45) is 11.7 Å². The number of primary amides is 1. The molecule has 8 heteroatoms. The second kappa shape index (κ2) is 9.42. The third-order valence-electron chi connectivity index (χ3n) is 5.34. The number of hydrogen-bond donors (Lipinski definition) is 2. The second-order valence-electron chi connectivity index (χ2n) is 7.54. The lowest BCUT2D eigenvalue weighted by Gasteiger charge is -2.25. The molecule has 0 unspecified atom stereocenters. The molecule has 1 aliphatic heterocycles. The quantitative estimate of drug-likeness (QED) is 0.662. The highest BCUT2D eigenvalue weighted by molar-refractivity contribution is 5.97. The Balaban J connectivity index is 1.55. The van der Waals surface area contributed by atoms with Gasteiger partial charge in [-0.25, -0.2) is 0 Å². The monoisotopic (exact) mass is 423 g/mol. The van der Waals surface area contributed by atoms with Gasteiger partial charge in [0.15, 0.2) is 6.10 Å². The summed E-state index contributed by atoms with van der Waals surface area (Å²) in [6, 6.07) is 15.5. The highest BCUT2D eigenvalue weighted by atomic mass is 16.5. The van der Waals surface area contributed by atoms with Crippen molar-refractivity contribution in [2.45, 2.75) is 32.4 Å². The average molecular weight is 423 g/mol. The van der Waals surface area contributed by atoms with Crippen molar-refractivity contribution < 1.29 is 23.9 Å². The summed E-state index contributed by atoms with van der Waals surface area (Å²) in [4.78, 5) is 50.1. The molecule has 3 rings (SSSR count). The van der Waals surface area contributed by atoms with Crippen molar-refractivity contribution >= 4 is 29.4 Å². The van der Waals surface area contributed by atoms with Crippen LogP contribution < -0.4 is 11.1 Å². The molecule has 1 saturated heterocycles. The third-order valence-corrected chi connectivity index (χ3v) is 5.34. The van der Waals surface area contributed by atoms with Crippen LogP contribution in [0.25, 0.3) is 0 Å². The van der Waals surface area contributed by atoms with Crippen LogP contribution in [0.4, 0.5) is 5.69 Å². The molecule has 0 aliphatic carbocycles. The molecule has 2 aromatic rings. The summed E-state index contributed by atoms with van der Waals surface area (Å²) in [6.45, 7) is 3.63. The molecular weight excluding hydrogens is 398 g/mol. The summed E-state index contributed by atoms with van der Waals surface area (Å²) in [5.74, 6) is -2.41. The first-order chi connectivity index (χ1) is 14.8. The molecule has 0 aromatic heterocycles. The Kier molecular flexibility index (Phi) is 6.69. The number of hydrogen-bond acceptors (Lipinski definition) is 5. The number of nitrogens with zero attached hydrogens (tertiary/aromatic N) is 1. The van der Waals surface area contributed by atoms with Crippen molar-refractivity contribution in [3.63, 3.8) is 0 Å². The van der Waals surface area contributed by atoms with Crippen LogP contribution in [0.1, 0.15) is 42.2 Å². The van der Waals surface area contributed by atoms with Crippen LogP contribution in [0.2, 0.25) is 0 Å². The molecule has 2 aromatic carbocycles. The van der Waals surface area contributed by atoms with E-state index in [9.17, 15) is 19.2 Å². The van der Waals surface area contributed by atoms with E-state index in [0.717, 1.165) is 5.56 Å². The molecule has 3 atom stereocenters. The van der Waals surface area contributed by atoms with Crippen LogP contribution in [-0.4, -0.2) is 41.2 Å². The van der Waals surface area contributed by atoms with Crippen molar-refractivity contribution in [3.8, 4) is 0 Å². The number of amides is 3. The summed E-state index contributed by atoms with van der Waals surface area (Å²) in [6.07, 6.45) is -0.988. The normalized spacial score (nSPS) is 17.7. The second-order valence-corrected chi connectivity index (χ2v) is 7.54. The van der Waals surface area contributed by atoms with Gasteiger partial charge in [0.2, 0.25) is 11.8 Å². The Morgan fingerprint density at radius 2 is 1.71 bits per heavy atom. The minimum atomic E-state index is -1.04. The fraction of sp³-hybridized carbons (Fsp3) is 0.304. The standard InChI is InChI=1S/C23H25N3O5/c1-14(16-6-4-3-5-7-16)26-13-18(12-20(26)27)23(30)31-15(2)22(29)25-19-10-8-17(9-11-19)21(24)28/h3-11,14-15,18H,12-13H2,1-2H3,(H2,24,28)(H,25,29)/t14-,15+,18+/m1/s1. The third kappa shape index (κ3) is 5.28. The molecule has 1 fully saturated rings. The fourth-order valence-corrected chi connectivity index (χ4v) is 3.46. The average Bonchev–Trinajstić information content (AvgIpc) is 3.15. The zero-order valence-electron chi connectivity index (χ0n) is 17.4. The van der Waals surface area contributed by atoms with Crippen LogP contribution in [0, 0.1) is 5.92 Å². The van der Waals surface area contributed by atoms with Gasteiger partial charge in [0.1, 0.15) is 0 Å². The molecule has 0 spiro atoms. The van der Waals surface area contributed by atoms with Gasteiger partial charge in [0.25, 0.3) is 5.91 Å². The van der Waals surface area contributed by atoms with E-state index in [4.69, 9.17) is 10.5 Å². The number of likely N-dealkylation sites (tertiary alicyclic amines) is 1. The number of esters is 1. The van der Waals surface area contributed by atoms with Gasteiger partial charge in [-0.1, -0.05) is 30.3 Å². The Morgan fingerprint density at radius 3 is 2.32 bits per heavy atom. The molecule has 31 heavy (non-hydrogen) atoms. The molecule has 0 radical (unpaired) electrons. The van der Waals surface area contributed by atoms with Gasteiger partial charge < -0.3 is 20.7 Å². The Hall–Kier alpha value is -3.68. The van der Waals surface area contributed by atoms with E-state index in [1.807, 2.05) is 37.3 Å². The van der Waals surface area contributed by atoms with E-state index in [1.54, 1.807) is 4.90 Å². The first kappa shape index (κ1) is 22.0. The minimum Gasteiger partial charge on any atom is -0.452 e. The first-order valence-electron chi connectivity index (χ1n) is 10.0. The van der Waals surface area contributed by atoms with E-state index >= 15 is 0 Å².